The summed E-state index contributed by atoms with van der Waals surface area (Å²) in [6.07, 6.45) is -0.329. The zero-order chi connectivity index (χ0) is 35.6. The van der Waals surface area contributed by atoms with Crippen LogP contribution in [0.2, 0.25) is 0 Å². The largest absolute Gasteiger partial charge is 0.390 e. The lowest BCUT2D eigenvalue weighted by Gasteiger charge is -2.28. The van der Waals surface area contributed by atoms with Crippen LogP contribution in [0.4, 0.5) is 24.7 Å². The minimum Gasteiger partial charge on any atom is -0.390 e. The zero-order valence-electron chi connectivity index (χ0n) is 25.7. The van der Waals surface area contributed by atoms with Crippen LogP contribution in [0.25, 0.3) is 11.3 Å². The van der Waals surface area contributed by atoms with Crippen LogP contribution in [0, 0.1) is 28.7 Å². The van der Waals surface area contributed by atoms with E-state index in [4.69, 9.17) is 5.73 Å². The number of carbonyl (C=O) groups is 1. The van der Waals surface area contributed by atoms with Gasteiger partial charge in [0.15, 0.2) is 4.90 Å². The number of carbonyl (C=O) groups excluding carboxylic acids is 1. The fraction of sp³-hybridized carbons (Fsp3) is 0.281. The second-order valence-electron chi connectivity index (χ2n) is 11.6. The number of nitrogens with one attached hydrogen (secondary N) is 2. The molecule has 1 amide bonds. The predicted molar refractivity (Wildman–Crippen MR) is 177 cm³/mol. The first-order chi connectivity index (χ1) is 23.1. The van der Waals surface area contributed by atoms with E-state index in [0.717, 1.165) is 36.4 Å². The first-order valence-electron chi connectivity index (χ1n) is 14.9. The number of halogens is 4. The molecule has 5 N–H and O–H groups in total. The van der Waals surface area contributed by atoms with Crippen molar-refractivity contribution < 1.29 is 36.4 Å². The highest BCUT2D eigenvalue weighted by Crippen LogP contribution is 2.35. The summed E-state index contributed by atoms with van der Waals surface area (Å²) >= 11 is 3.16. The van der Waals surface area contributed by atoms with E-state index in [0.29, 0.717) is 17.7 Å². The minimum absolute atomic E-state index is 0.0355. The molecule has 1 saturated carbocycles. The van der Waals surface area contributed by atoms with E-state index in [1.807, 2.05) is 0 Å². The van der Waals surface area contributed by atoms with Crippen LogP contribution in [-0.4, -0.2) is 53.1 Å². The van der Waals surface area contributed by atoms with E-state index in [1.54, 1.807) is 6.92 Å². The monoisotopic (exact) mass is 762 g/mol. The maximum absolute atomic E-state index is 15.5. The quantitative estimate of drug-likeness (QED) is 0.121. The van der Waals surface area contributed by atoms with E-state index in [1.165, 1.54) is 24.4 Å². The fourth-order valence-electron chi connectivity index (χ4n) is 5.57. The number of aliphatic hydroxyl groups excluding tert-OH is 1. The van der Waals surface area contributed by atoms with Crippen molar-refractivity contribution in [2.45, 2.75) is 55.3 Å². The van der Waals surface area contributed by atoms with Gasteiger partial charge in [-0.05, 0) is 73.7 Å². The molecule has 1 fully saturated rings. The Hall–Kier alpha value is -4.45. The van der Waals surface area contributed by atoms with Gasteiger partial charge >= 0.3 is 0 Å². The smallest absolute Gasteiger partial charge is 0.289 e. The van der Waals surface area contributed by atoms with Gasteiger partial charge in [-0.15, -0.1) is 0 Å². The molecule has 1 heterocycles. The highest BCUT2D eigenvalue weighted by Gasteiger charge is 2.32. The molecule has 17 heteroatoms. The van der Waals surface area contributed by atoms with Crippen LogP contribution in [-0.2, 0) is 10.0 Å². The summed E-state index contributed by atoms with van der Waals surface area (Å²) in [5.74, 6) is -3.08. The molecule has 0 unspecified atom stereocenters. The molecule has 4 atom stereocenters. The maximum atomic E-state index is 15.5. The summed E-state index contributed by atoms with van der Waals surface area (Å²) in [7, 11) is -4.52. The second kappa shape index (κ2) is 14.6. The fourth-order valence-corrected chi connectivity index (χ4v) is 7.25. The number of rotatable bonds is 10. The Morgan fingerprint density at radius 3 is 2.59 bits per heavy atom. The number of alkyl halides is 1. The molecule has 3 aromatic carbocycles. The Balaban J connectivity index is 1.40. The number of anilines is 1. The lowest BCUT2D eigenvalue weighted by Crippen LogP contribution is -2.38. The van der Waals surface area contributed by atoms with Gasteiger partial charge in [0.1, 0.15) is 29.3 Å². The number of sulfonamides is 1. The molecular formula is C32H30BrF3N6O6S. The van der Waals surface area contributed by atoms with E-state index >= 15 is 4.39 Å². The summed E-state index contributed by atoms with van der Waals surface area (Å²) in [5.41, 5.74) is 6.16. The van der Waals surface area contributed by atoms with Gasteiger partial charge in [-0.2, -0.15) is 0 Å². The Morgan fingerprint density at radius 2 is 1.92 bits per heavy atom. The molecule has 0 radical (unpaired) electrons. The number of benzene rings is 3. The number of aliphatic hydroxyl groups is 1. The van der Waals surface area contributed by atoms with Gasteiger partial charge in [0.25, 0.3) is 11.6 Å². The van der Waals surface area contributed by atoms with E-state index in [-0.39, 0.29) is 45.9 Å². The molecule has 4 aromatic rings. The molecule has 0 aliphatic heterocycles. The number of aryl methyl sites for hydroxylation is 1. The molecule has 258 valence electrons. The van der Waals surface area contributed by atoms with Crippen LogP contribution < -0.4 is 15.8 Å². The molecular weight excluding hydrogens is 733 g/mol. The van der Waals surface area contributed by atoms with Crippen molar-refractivity contribution >= 4 is 43.4 Å². The zero-order valence-corrected chi connectivity index (χ0v) is 28.1. The summed E-state index contributed by atoms with van der Waals surface area (Å²) < 4.78 is 72.9. The normalized spacial score (nSPS) is 18.5. The SMILES string of the molecule is Cc1ccc(S(=O)(=O)NC[C@@H](NC(=O)c2ccc(-c3nc([C@H]4CC[C@H](O)[C@@H](F)C4)cnc3N)cc2F)c2cc(F)cc(Br)c2)c([N+](=O)[O-])c1. The lowest BCUT2D eigenvalue weighted by molar-refractivity contribution is -0.387. The van der Waals surface area contributed by atoms with Crippen molar-refractivity contribution in [2.75, 3.05) is 12.3 Å². The van der Waals surface area contributed by atoms with Crippen molar-refractivity contribution in [3.63, 3.8) is 0 Å². The van der Waals surface area contributed by atoms with Crippen molar-refractivity contribution in [1.29, 1.82) is 0 Å². The van der Waals surface area contributed by atoms with Crippen molar-refractivity contribution in [1.82, 2.24) is 20.0 Å². The molecule has 1 aliphatic carbocycles. The molecule has 0 spiro atoms. The lowest BCUT2D eigenvalue weighted by atomic mass is 9.84. The molecule has 1 aromatic heterocycles. The Labute approximate surface area is 287 Å². The predicted octanol–water partition coefficient (Wildman–Crippen LogP) is 5.40. The first kappa shape index (κ1) is 35.8. The van der Waals surface area contributed by atoms with Crippen LogP contribution in [0.1, 0.15) is 58.4 Å². The highest BCUT2D eigenvalue weighted by atomic mass is 79.9. The van der Waals surface area contributed by atoms with Crippen molar-refractivity contribution in [3.05, 3.63) is 109 Å². The van der Waals surface area contributed by atoms with E-state index in [2.05, 4.69) is 35.9 Å². The third kappa shape index (κ3) is 8.24. The summed E-state index contributed by atoms with van der Waals surface area (Å²) in [6.45, 7) is 0.965. The van der Waals surface area contributed by atoms with Gasteiger partial charge in [-0.3, -0.25) is 14.9 Å². The molecule has 0 saturated heterocycles. The van der Waals surface area contributed by atoms with Crippen molar-refractivity contribution in [2.24, 2.45) is 0 Å². The number of nitrogens with two attached hydrogens (primary N) is 1. The molecule has 0 bridgehead atoms. The van der Waals surface area contributed by atoms with Crippen LogP contribution in [0.5, 0.6) is 0 Å². The van der Waals surface area contributed by atoms with Gasteiger partial charge in [0.05, 0.1) is 34.5 Å². The number of nitrogen functional groups attached to an aromatic ring is 1. The van der Waals surface area contributed by atoms with Gasteiger partial charge in [0, 0.05) is 28.6 Å². The third-order valence-electron chi connectivity index (χ3n) is 8.13. The molecule has 1 aliphatic rings. The van der Waals surface area contributed by atoms with E-state index < -0.39 is 73.5 Å². The summed E-state index contributed by atoms with van der Waals surface area (Å²) in [6, 6.07) is 9.41. The average Bonchev–Trinajstić information content (AvgIpc) is 3.03. The Bertz CT molecular complexity index is 2020. The Kier molecular flexibility index (Phi) is 10.7. The standard InChI is InChI=1S/C32H30BrF3N6O6S/c1-16-2-7-29(27(8-16)42(45)46)49(47,48)39-15-26(19-9-20(33)13-21(34)10-19)41-32(44)22-5-3-18(12-23(22)35)30-31(37)38-14-25(40-30)17-4-6-28(43)24(36)11-17/h2-3,5,7-10,12-14,17,24,26,28,39,43H,4,6,11,15H2,1H3,(H2,37,38)(H,41,44)/t17-,24-,26+,28-/m0/s1. The number of hydrogen-bond acceptors (Lipinski definition) is 9. The van der Waals surface area contributed by atoms with Gasteiger partial charge in [0.2, 0.25) is 10.0 Å². The third-order valence-corrected chi connectivity index (χ3v) is 10.1. The topological polar surface area (TPSA) is 190 Å². The van der Waals surface area contributed by atoms with Crippen LogP contribution in [0.15, 0.2) is 70.2 Å². The minimum atomic E-state index is -4.52. The number of nitro groups is 1. The number of nitro benzene ring substituents is 1. The van der Waals surface area contributed by atoms with Gasteiger partial charge in [-0.1, -0.05) is 28.1 Å². The first-order valence-corrected chi connectivity index (χ1v) is 17.2. The van der Waals surface area contributed by atoms with Gasteiger partial charge < -0.3 is 16.2 Å². The van der Waals surface area contributed by atoms with E-state index in [9.17, 15) is 37.2 Å². The van der Waals surface area contributed by atoms with Crippen LogP contribution >= 0.6 is 15.9 Å². The summed E-state index contributed by atoms with van der Waals surface area (Å²) in [4.78, 5) is 32.1. The Morgan fingerprint density at radius 1 is 1.16 bits per heavy atom. The number of aromatic nitrogens is 2. The highest BCUT2D eigenvalue weighted by molar-refractivity contribution is 9.10. The second-order valence-corrected chi connectivity index (χ2v) is 14.3. The molecule has 12 nitrogen and oxygen atoms in total. The van der Waals surface area contributed by atoms with Gasteiger partial charge in [-0.25, -0.2) is 36.3 Å². The maximum Gasteiger partial charge on any atom is 0.289 e. The molecule has 49 heavy (non-hydrogen) atoms. The number of nitrogens with zero attached hydrogens (tertiary/aromatic N) is 3. The van der Waals surface area contributed by atoms with Crippen molar-refractivity contribution in [3.8, 4) is 11.3 Å². The number of amides is 1. The number of hydrogen-bond donors (Lipinski definition) is 4. The summed E-state index contributed by atoms with van der Waals surface area (Å²) in [5, 5.41) is 23.8. The average molecular weight is 764 g/mol. The van der Waals surface area contributed by atoms with Crippen LogP contribution in [0.3, 0.4) is 0 Å². The molecule has 5 rings (SSSR count).